The zero-order valence-corrected chi connectivity index (χ0v) is 14.8. The number of amides is 2. The van der Waals surface area contributed by atoms with Gasteiger partial charge >= 0.3 is 23.8 Å². The van der Waals surface area contributed by atoms with Gasteiger partial charge in [-0.25, -0.2) is 0 Å². The third-order valence-corrected chi connectivity index (χ3v) is 3.15. The fraction of sp³-hybridized carbons (Fsp3) is 0.111. The molecule has 2 aromatic rings. The molecule has 0 heterocycles. The van der Waals surface area contributed by atoms with Crippen LogP contribution in [0.25, 0.3) is 0 Å². The highest BCUT2D eigenvalue weighted by Crippen LogP contribution is 2.31. The van der Waals surface area contributed by atoms with Crippen molar-refractivity contribution in [3.63, 3.8) is 0 Å². The van der Waals surface area contributed by atoms with Crippen molar-refractivity contribution in [2.75, 3.05) is 10.6 Å². The molecule has 0 saturated carbocycles. The standard InChI is InChI=1S/C18H16N2O8/c1-9(21)27-15-6-4-12(8-16(15)28-10(2)22)20-18(26)17(25)19-11-3-5-13(23)14(24)7-11/h3-8,23-24H,1-2H3,(H,19,25)(H,20,26). The van der Waals surface area contributed by atoms with Gasteiger partial charge in [-0.15, -0.1) is 0 Å². The number of aromatic hydroxyl groups is 2. The quantitative estimate of drug-likeness (QED) is 0.202. The SMILES string of the molecule is CC(=O)Oc1ccc(NC(=O)C(=O)Nc2ccc(O)c(O)c2)cc1OC(C)=O. The van der Waals surface area contributed by atoms with Crippen LogP contribution in [-0.4, -0.2) is 34.0 Å². The number of rotatable bonds is 4. The van der Waals surface area contributed by atoms with Crippen LogP contribution in [0.4, 0.5) is 11.4 Å². The number of phenolic OH excluding ortho intramolecular Hbond substituents is 2. The number of phenols is 2. The number of benzene rings is 2. The molecule has 10 nitrogen and oxygen atoms in total. The molecule has 0 radical (unpaired) electrons. The molecule has 0 bridgehead atoms. The van der Waals surface area contributed by atoms with E-state index in [9.17, 15) is 29.4 Å². The molecule has 28 heavy (non-hydrogen) atoms. The average molecular weight is 388 g/mol. The lowest BCUT2D eigenvalue weighted by Gasteiger charge is -2.11. The fourth-order valence-corrected chi connectivity index (χ4v) is 2.04. The second-order valence-corrected chi connectivity index (χ2v) is 5.46. The third-order valence-electron chi connectivity index (χ3n) is 3.15. The summed E-state index contributed by atoms with van der Waals surface area (Å²) in [6, 6.07) is 7.31. The topological polar surface area (TPSA) is 151 Å². The van der Waals surface area contributed by atoms with Crippen LogP contribution in [0.5, 0.6) is 23.0 Å². The highest BCUT2D eigenvalue weighted by molar-refractivity contribution is 6.43. The van der Waals surface area contributed by atoms with Gasteiger partial charge in [-0.1, -0.05) is 0 Å². The number of hydrogen-bond donors (Lipinski definition) is 4. The summed E-state index contributed by atoms with van der Waals surface area (Å²) >= 11 is 0. The molecule has 2 amide bonds. The van der Waals surface area contributed by atoms with Gasteiger partial charge in [-0.05, 0) is 24.3 Å². The minimum Gasteiger partial charge on any atom is -0.504 e. The predicted octanol–water partition coefficient (Wildman–Crippen LogP) is 1.53. The van der Waals surface area contributed by atoms with E-state index >= 15 is 0 Å². The molecule has 0 aromatic heterocycles. The maximum atomic E-state index is 12.0. The van der Waals surface area contributed by atoms with E-state index in [2.05, 4.69) is 10.6 Å². The molecule has 2 aromatic carbocycles. The van der Waals surface area contributed by atoms with Crippen molar-refractivity contribution in [1.82, 2.24) is 0 Å². The van der Waals surface area contributed by atoms with Gasteiger partial charge in [-0.3, -0.25) is 19.2 Å². The van der Waals surface area contributed by atoms with Gasteiger partial charge in [0, 0.05) is 37.4 Å². The van der Waals surface area contributed by atoms with Crippen molar-refractivity contribution in [2.45, 2.75) is 13.8 Å². The smallest absolute Gasteiger partial charge is 0.314 e. The summed E-state index contributed by atoms with van der Waals surface area (Å²) in [5, 5.41) is 23.2. The molecule has 2 rings (SSSR count). The number of carbonyl (C=O) groups excluding carboxylic acids is 4. The number of ether oxygens (including phenoxy) is 2. The Morgan fingerprint density at radius 2 is 1.21 bits per heavy atom. The van der Waals surface area contributed by atoms with Crippen LogP contribution in [-0.2, 0) is 19.2 Å². The summed E-state index contributed by atoms with van der Waals surface area (Å²) in [6.07, 6.45) is 0. The second-order valence-electron chi connectivity index (χ2n) is 5.46. The molecule has 0 saturated heterocycles. The molecular weight excluding hydrogens is 372 g/mol. The van der Waals surface area contributed by atoms with E-state index < -0.39 is 29.5 Å². The Balaban J connectivity index is 2.13. The first-order valence-electron chi connectivity index (χ1n) is 7.81. The molecule has 146 valence electrons. The largest absolute Gasteiger partial charge is 0.504 e. The summed E-state index contributed by atoms with van der Waals surface area (Å²) in [4.78, 5) is 46.3. The van der Waals surface area contributed by atoms with E-state index in [1.165, 1.54) is 31.2 Å². The molecule has 0 spiro atoms. The third kappa shape index (κ3) is 5.46. The predicted molar refractivity (Wildman–Crippen MR) is 96.1 cm³/mol. The zero-order valence-electron chi connectivity index (χ0n) is 14.8. The maximum Gasteiger partial charge on any atom is 0.314 e. The van der Waals surface area contributed by atoms with E-state index in [1.54, 1.807) is 0 Å². The van der Waals surface area contributed by atoms with Crippen LogP contribution in [0, 0.1) is 0 Å². The number of nitrogens with one attached hydrogen (secondary N) is 2. The summed E-state index contributed by atoms with van der Waals surface area (Å²) < 4.78 is 9.83. The minimum absolute atomic E-state index is 0.0373. The molecule has 10 heteroatoms. The molecule has 0 fully saturated rings. The van der Waals surface area contributed by atoms with Crippen molar-refractivity contribution in [3.8, 4) is 23.0 Å². The van der Waals surface area contributed by atoms with Crippen molar-refractivity contribution < 1.29 is 38.9 Å². The van der Waals surface area contributed by atoms with Gasteiger partial charge < -0.3 is 30.3 Å². The Morgan fingerprint density at radius 3 is 1.75 bits per heavy atom. The number of anilines is 2. The Bertz CT molecular complexity index is 955. The van der Waals surface area contributed by atoms with Gasteiger partial charge in [0.2, 0.25) is 0 Å². The summed E-state index contributed by atoms with van der Waals surface area (Å²) in [5.41, 5.74) is 0.183. The summed E-state index contributed by atoms with van der Waals surface area (Å²) in [5.74, 6) is -4.43. The van der Waals surface area contributed by atoms with Crippen molar-refractivity contribution in [1.29, 1.82) is 0 Å². The summed E-state index contributed by atoms with van der Waals surface area (Å²) in [6.45, 7) is 2.31. The normalized spacial score (nSPS) is 9.93. The average Bonchev–Trinajstić information content (AvgIpc) is 2.59. The van der Waals surface area contributed by atoms with Gasteiger partial charge in [0.15, 0.2) is 23.0 Å². The Labute approximate surface area is 158 Å². The lowest BCUT2D eigenvalue weighted by atomic mass is 10.2. The second kappa shape index (κ2) is 8.54. The van der Waals surface area contributed by atoms with Crippen LogP contribution in [0.3, 0.4) is 0 Å². The molecule has 4 N–H and O–H groups in total. The Hall–Kier alpha value is -4.08. The first-order valence-corrected chi connectivity index (χ1v) is 7.81. The van der Waals surface area contributed by atoms with Gasteiger partial charge in [0.25, 0.3) is 0 Å². The number of carbonyl (C=O) groups is 4. The molecule has 0 aliphatic rings. The Kier molecular flexibility index (Phi) is 6.17. The number of hydrogen-bond acceptors (Lipinski definition) is 8. The monoisotopic (exact) mass is 388 g/mol. The van der Waals surface area contributed by atoms with E-state index in [0.29, 0.717) is 0 Å². The highest BCUT2D eigenvalue weighted by atomic mass is 16.6. The lowest BCUT2D eigenvalue weighted by Crippen LogP contribution is -2.29. The van der Waals surface area contributed by atoms with E-state index in [4.69, 9.17) is 9.47 Å². The van der Waals surface area contributed by atoms with Crippen LogP contribution >= 0.6 is 0 Å². The van der Waals surface area contributed by atoms with Gasteiger partial charge in [-0.2, -0.15) is 0 Å². The van der Waals surface area contributed by atoms with Crippen LogP contribution in [0.1, 0.15) is 13.8 Å². The van der Waals surface area contributed by atoms with E-state index in [1.807, 2.05) is 0 Å². The molecule has 0 aliphatic heterocycles. The van der Waals surface area contributed by atoms with Crippen molar-refractivity contribution in [2.24, 2.45) is 0 Å². The molecule has 0 atom stereocenters. The van der Waals surface area contributed by atoms with E-state index in [-0.39, 0.29) is 28.6 Å². The maximum absolute atomic E-state index is 12.0. The van der Waals surface area contributed by atoms with Crippen LogP contribution in [0.2, 0.25) is 0 Å². The van der Waals surface area contributed by atoms with Crippen LogP contribution in [0.15, 0.2) is 36.4 Å². The zero-order chi connectivity index (χ0) is 20.8. The molecular formula is C18H16N2O8. The molecule has 0 unspecified atom stereocenters. The van der Waals surface area contributed by atoms with E-state index in [0.717, 1.165) is 19.1 Å². The lowest BCUT2D eigenvalue weighted by molar-refractivity contribution is -0.134. The van der Waals surface area contributed by atoms with Crippen molar-refractivity contribution >= 4 is 35.1 Å². The molecule has 0 aliphatic carbocycles. The number of esters is 2. The summed E-state index contributed by atoms with van der Waals surface area (Å²) in [7, 11) is 0. The first-order chi connectivity index (χ1) is 13.2. The highest BCUT2D eigenvalue weighted by Gasteiger charge is 2.17. The first kappa shape index (κ1) is 20.2. The van der Waals surface area contributed by atoms with Gasteiger partial charge in [0.1, 0.15) is 0 Å². The Morgan fingerprint density at radius 1 is 0.714 bits per heavy atom. The van der Waals surface area contributed by atoms with Crippen LogP contribution < -0.4 is 20.1 Å². The minimum atomic E-state index is -1.05. The fourth-order valence-electron chi connectivity index (χ4n) is 2.04. The van der Waals surface area contributed by atoms with Gasteiger partial charge in [0.05, 0.1) is 0 Å². The van der Waals surface area contributed by atoms with Crippen molar-refractivity contribution in [3.05, 3.63) is 36.4 Å².